The molecule has 0 aliphatic heterocycles. The number of nitrogens with zero attached hydrogens (tertiary/aromatic N) is 2. The Morgan fingerprint density at radius 3 is 2.94 bits per heavy atom. The molecule has 7 heteroatoms. The second-order valence-electron chi connectivity index (χ2n) is 3.65. The van der Waals surface area contributed by atoms with Crippen LogP contribution in [0.4, 0.5) is 5.13 Å². The number of carboxylic acids is 1. The fourth-order valence-electron chi connectivity index (χ4n) is 1.48. The molecule has 2 aromatic heterocycles. The number of hydrogen-bond donors (Lipinski definition) is 2. The molecule has 0 atom stereocenters. The molecule has 1 amide bonds. The zero-order valence-corrected chi connectivity index (χ0v) is 10.4. The van der Waals surface area contributed by atoms with Crippen molar-refractivity contribution < 1.29 is 14.7 Å². The monoisotopic (exact) mass is 265 g/mol. The highest BCUT2D eigenvalue weighted by atomic mass is 32.1. The quantitative estimate of drug-likeness (QED) is 0.879. The normalized spacial score (nSPS) is 10.3. The van der Waals surface area contributed by atoms with Crippen LogP contribution >= 0.6 is 11.3 Å². The number of thiazole rings is 1. The van der Waals surface area contributed by atoms with Gasteiger partial charge in [-0.05, 0) is 19.1 Å². The lowest BCUT2D eigenvalue weighted by Gasteiger charge is -2.05. The molecule has 0 unspecified atom stereocenters. The number of nitrogens with one attached hydrogen (secondary N) is 1. The van der Waals surface area contributed by atoms with E-state index in [1.807, 2.05) is 6.92 Å². The van der Waals surface area contributed by atoms with Gasteiger partial charge in [-0.1, -0.05) is 0 Å². The predicted octanol–water partition coefficient (Wildman–Crippen LogP) is 1.59. The lowest BCUT2D eigenvalue weighted by Crippen LogP contribution is -2.19. The Bertz CT molecular complexity index is 588. The number of rotatable bonds is 4. The van der Waals surface area contributed by atoms with Crippen molar-refractivity contribution in [1.82, 2.24) is 9.55 Å². The highest BCUT2D eigenvalue weighted by Gasteiger charge is 2.13. The number of aliphatic carboxylic acids is 1. The Hall–Kier alpha value is -2.15. The van der Waals surface area contributed by atoms with Gasteiger partial charge >= 0.3 is 5.97 Å². The van der Waals surface area contributed by atoms with E-state index in [0.29, 0.717) is 10.8 Å². The third-order valence-electron chi connectivity index (χ3n) is 2.21. The van der Waals surface area contributed by atoms with E-state index in [1.54, 1.807) is 24.5 Å². The van der Waals surface area contributed by atoms with Crippen LogP contribution in [0.5, 0.6) is 0 Å². The molecule has 18 heavy (non-hydrogen) atoms. The molecule has 0 aromatic carbocycles. The van der Waals surface area contributed by atoms with Crippen LogP contribution in [-0.2, 0) is 11.3 Å². The van der Waals surface area contributed by atoms with Crippen LogP contribution in [0.1, 0.15) is 15.4 Å². The van der Waals surface area contributed by atoms with Gasteiger partial charge in [0.2, 0.25) is 0 Å². The number of carbonyl (C=O) groups is 2. The molecular weight excluding hydrogens is 254 g/mol. The molecule has 2 heterocycles. The summed E-state index contributed by atoms with van der Waals surface area (Å²) in [5.74, 6) is -1.36. The average Bonchev–Trinajstić information content (AvgIpc) is 2.87. The van der Waals surface area contributed by atoms with E-state index >= 15 is 0 Å². The Morgan fingerprint density at radius 1 is 1.56 bits per heavy atom. The van der Waals surface area contributed by atoms with Gasteiger partial charge in [-0.15, -0.1) is 11.3 Å². The number of carboxylic acid groups (broad SMARTS) is 1. The summed E-state index contributed by atoms with van der Waals surface area (Å²) in [5.41, 5.74) is 0.297. The Morgan fingerprint density at radius 2 is 2.33 bits per heavy atom. The topological polar surface area (TPSA) is 84.2 Å². The lowest BCUT2D eigenvalue weighted by atomic mass is 10.4. The summed E-state index contributed by atoms with van der Waals surface area (Å²) in [6.07, 6.45) is 3.21. The first-order valence-electron chi connectivity index (χ1n) is 5.17. The molecule has 2 N–H and O–H groups in total. The largest absolute Gasteiger partial charge is 0.480 e. The summed E-state index contributed by atoms with van der Waals surface area (Å²) < 4.78 is 1.37. The van der Waals surface area contributed by atoms with Crippen molar-refractivity contribution in [3.63, 3.8) is 0 Å². The minimum Gasteiger partial charge on any atom is -0.480 e. The molecule has 0 saturated carbocycles. The van der Waals surface area contributed by atoms with Crippen molar-refractivity contribution >= 4 is 28.3 Å². The molecule has 0 radical (unpaired) electrons. The Balaban J connectivity index is 2.14. The highest BCUT2D eigenvalue weighted by molar-refractivity contribution is 7.15. The molecule has 0 aliphatic rings. The van der Waals surface area contributed by atoms with Crippen LogP contribution in [0.25, 0.3) is 0 Å². The standard InChI is InChI=1S/C11H11N3O3S/c1-7-5-12-11(18-7)13-10(17)8-3-2-4-14(8)6-9(15)16/h2-5H,6H2,1H3,(H,15,16)(H,12,13,17). The Labute approximate surface area is 107 Å². The fraction of sp³-hybridized carbons (Fsp3) is 0.182. The minimum atomic E-state index is -0.995. The maximum atomic E-state index is 11.9. The second-order valence-corrected chi connectivity index (χ2v) is 4.88. The third kappa shape index (κ3) is 2.75. The van der Waals surface area contributed by atoms with Gasteiger partial charge in [0.25, 0.3) is 5.91 Å². The molecule has 6 nitrogen and oxygen atoms in total. The molecule has 0 spiro atoms. The zero-order valence-electron chi connectivity index (χ0n) is 9.58. The molecule has 0 saturated heterocycles. The number of hydrogen-bond acceptors (Lipinski definition) is 4. The van der Waals surface area contributed by atoms with Gasteiger partial charge in [0.15, 0.2) is 5.13 Å². The molecule has 0 aliphatic carbocycles. The van der Waals surface area contributed by atoms with E-state index < -0.39 is 5.97 Å². The van der Waals surface area contributed by atoms with Crippen molar-refractivity contribution in [3.05, 3.63) is 35.1 Å². The van der Waals surface area contributed by atoms with Crippen molar-refractivity contribution in [3.8, 4) is 0 Å². The predicted molar refractivity (Wildman–Crippen MR) is 66.9 cm³/mol. The van der Waals surface area contributed by atoms with E-state index in [2.05, 4.69) is 10.3 Å². The maximum absolute atomic E-state index is 11.9. The van der Waals surface area contributed by atoms with Crippen LogP contribution in [0, 0.1) is 6.92 Å². The van der Waals surface area contributed by atoms with Gasteiger partial charge in [0.1, 0.15) is 12.2 Å². The van der Waals surface area contributed by atoms with Gasteiger partial charge in [-0.2, -0.15) is 0 Å². The zero-order chi connectivity index (χ0) is 13.1. The summed E-state index contributed by atoms with van der Waals surface area (Å²) in [4.78, 5) is 27.6. The number of aryl methyl sites for hydroxylation is 1. The number of anilines is 1. The smallest absolute Gasteiger partial charge is 0.323 e. The number of aromatic nitrogens is 2. The van der Waals surface area contributed by atoms with Crippen LogP contribution in [-0.4, -0.2) is 26.5 Å². The SMILES string of the molecule is Cc1cnc(NC(=O)c2cccn2CC(=O)O)s1. The molecule has 94 valence electrons. The van der Waals surface area contributed by atoms with E-state index in [1.165, 1.54) is 15.9 Å². The van der Waals surface area contributed by atoms with E-state index in [9.17, 15) is 9.59 Å². The van der Waals surface area contributed by atoms with Gasteiger partial charge < -0.3 is 9.67 Å². The van der Waals surface area contributed by atoms with Gasteiger partial charge in [-0.3, -0.25) is 14.9 Å². The van der Waals surface area contributed by atoms with Crippen molar-refractivity contribution in [2.45, 2.75) is 13.5 Å². The van der Waals surface area contributed by atoms with Crippen molar-refractivity contribution in [2.24, 2.45) is 0 Å². The van der Waals surface area contributed by atoms with Crippen LogP contribution in [0.3, 0.4) is 0 Å². The summed E-state index contributed by atoms with van der Waals surface area (Å²) in [6, 6.07) is 3.20. The van der Waals surface area contributed by atoms with E-state index in [-0.39, 0.29) is 12.5 Å². The summed E-state index contributed by atoms with van der Waals surface area (Å²) >= 11 is 1.36. The van der Waals surface area contributed by atoms with Crippen molar-refractivity contribution in [2.75, 3.05) is 5.32 Å². The van der Waals surface area contributed by atoms with Gasteiger partial charge in [0, 0.05) is 17.3 Å². The van der Waals surface area contributed by atoms with Gasteiger partial charge in [-0.25, -0.2) is 4.98 Å². The summed E-state index contributed by atoms with van der Waals surface area (Å²) in [7, 11) is 0. The van der Waals surface area contributed by atoms with E-state index in [0.717, 1.165) is 4.88 Å². The maximum Gasteiger partial charge on any atom is 0.323 e. The van der Waals surface area contributed by atoms with Gasteiger partial charge in [0.05, 0.1) is 0 Å². The lowest BCUT2D eigenvalue weighted by molar-refractivity contribution is -0.137. The van der Waals surface area contributed by atoms with Crippen molar-refractivity contribution in [1.29, 1.82) is 0 Å². The number of carbonyl (C=O) groups excluding carboxylic acids is 1. The average molecular weight is 265 g/mol. The fourth-order valence-corrected chi connectivity index (χ4v) is 2.14. The molecular formula is C11H11N3O3S. The third-order valence-corrected chi connectivity index (χ3v) is 3.04. The first kappa shape index (κ1) is 12.3. The summed E-state index contributed by atoms with van der Waals surface area (Å²) in [6.45, 7) is 1.65. The van der Waals surface area contributed by atoms with Crippen LogP contribution < -0.4 is 5.32 Å². The van der Waals surface area contributed by atoms with Crippen LogP contribution in [0.2, 0.25) is 0 Å². The minimum absolute atomic E-state index is 0.243. The highest BCUT2D eigenvalue weighted by Crippen LogP contribution is 2.17. The second kappa shape index (κ2) is 5.01. The molecule has 2 aromatic rings. The van der Waals surface area contributed by atoms with Crippen LogP contribution in [0.15, 0.2) is 24.5 Å². The molecule has 2 rings (SSSR count). The first-order chi connectivity index (χ1) is 8.56. The number of amides is 1. The van der Waals surface area contributed by atoms with E-state index in [4.69, 9.17) is 5.11 Å². The summed E-state index contributed by atoms with van der Waals surface area (Å²) in [5, 5.41) is 11.9. The Kier molecular flexibility index (Phi) is 3.42. The molecule has 0 fully saturated rings. The molecule has 0 bridgehead atoms. The first-order valence-corrected chi connectivity index (χ1v) is 5.98.